The van der Waals surface area contributed by atoms with Gasteiger partial charge in [-0.15, -0.1) is 4.20 Å². The van der Waals surface area contributed by atoms with Crippen LogP contribution in [-0.4, -0.2) is 31.2 Å². The van der Waals surface area contributed by atoms with Crippen molar-refractivity contribution in [2.75, 3.05) is 0 Å². The Bertz CT molecular complexity index is 531. The molecular weight excluding hydrogens is 329 g/mol. The first kappa shape index (κ1) is 13.8. The molecule has 0 aromatic carbocycles. The van der Waals surface area contributed by atoms with Crippen molar-refractivity contribution in [2.45, 2.75) is 17.9 Å². The second-order valence-corrected chi connectivity index (χ2v) is 7.60. The molecule has 5 nitrogen and oxygen atoms in total. The summed E-state index contributed by atoms with van der Waals surface area (Å²) in [5, 5.41) is 0. The fourth-order valence-corrected chi connectivity index (χ4v) is 5.74. The van der Waals surface area contributed by atoms with E-state index in [0.29, 0.717) is 0 Å². The van der Waals surface area contributed by atoms with E-state index in [1.165, 1.54) is 0 Å². The molecule has 0 bridgehead atoms. The smallest absolute Gasteiger partial charge is 0.381 e. The highest BCUT2D eigenvalue weighted by atomic mass is 31.2. The number of esters is 1. The molecule has 18 heavy (non-hydrogen) atoms. The van der Waals surface area contributed by atoms with Crippen LogP contribution in [0.2, 0.25) is 0 Å². The zero-order valence-electron chi connectivity index (χ0n) is 7.92. The van der Waals surface area contributed by atoms with E-state index in [2.05, 4.69) is 9.25 Å². The van der Waals surface area contributed by atoms with Gasteiger partial charge < -0.3 is 4.74 Å². The summed E-state index contributed by atoms with van der Waals surface area (Å²) in [4.78, 5) is 10.7. The molecule has 0 spiro atoms. The Hall–Kier alpha value is -0.650. The molecular formula is C4H2F6N3O2P3. The monoisotopic (exact) mass is 331 g/mol. The Kier molecular flexibility index (Phi) is 3.42. The quantitative estimate of drug-likeness (QED) is 0.584. The Morgan fingerprint density at radius 2 is 2.06 bits per heavy atom. The van der Waals surface area contributed by atoms with Gasteiger partial charge >= 0.3 is 11.9 Å². The maximum absolute atomic E-state index is 13.2. The van der Waals surface area contributed by atoms with Gasteiger partial charge in [-0.1, -0.05) is 17.6 Å². The van der Waals surface area contributed by atoms with Crippen LogP contribution in [-0.2, 0) is 9.53 Å². The van der Waals surface area contributed by atoms with Crippen molar-refractivity contribution in [2.24, 2.45) is 0 Å². The van der Waals surface area contributed by atoms with Crippen LogP contribution in [0.4, 0.5) is 26.3 Å². The fraction of sp³-hybridized carbons (Fsp3) is 0.750. The van der Waals surface area contributed by atoms with Gasteiger partial charge in [-0.25, -0.2) is 9.18 Å². The summed E-state index contributed by atoms with van der Waals surface area (Å²) < 4.78 is 83.3. The van der Waals surface area contributed by atoms with Crippen LogP contribution >= 0.6 is 24.5 Å². The van der Waals surface area contributed by atoms with Gasteiger partial charge in [-0.3, -0.25) is 0 Å². The van der Waals surface area contributed by atoms with E-state index in [1.807, 2.05) is 0 Å². The van der Waals surface area contributed by atoms with E-state index >= 15 is 0 Å². The largest absolute Gasteiger partial charge is 0.442 e. The summed E-state index contributed by atoms with van der Waals surface area (Å²) >= 11 is 0. The maximum Gasteiger partial charge on any atom is 0.381 e. The van der Waals surface area contributed by atoms with E-state index in [1.54, 1.807) is 0 Å². The van der Waals surface area contributed by atoms with Gasteiger partial charge in [0.15, 0.2) is 8.51 Å². The van der Waals surface area contributed by atoms with Gasteiger partial charge in [0.1, 0.15) is 7.85 Å². The minimum absolute atomic E-state index is 0.629. The third-order valence-electron chi connectivity index (χ3n) is 1.97. The molecule has 0 radical (unpaired) electrons. The van der Waals surface area contributed by atoms with E-state index in [0.717, 1.165) is 0 Å². The molecule has 1 aliphatic heterocycles. The van der Waals surface area contributed by atoms with Crippen molar-refractivity contribution in [3.05, 3.63) is 0 Å². The highest BCUT2D eigenvalue weighted by Gasteiger charge is 2.62. The first-order valence-electron chi connectivity index (χ1n) is 4.08. The lowest BCUT2D eigenvalue weighted by Gasteiger charge is -2.13. The minimum atomic E-state index is -4.44. The number of alkyl halides is 3. The predicted molar refractivity (Wildman–Crippen MR) is 50.3 cm³/mol. The molecule has 0 amide bonds. The van der Waals surface area contributed by atoms with Crippen LogP contribution < -0.4 is 0 Å². The lowest BCUT2D eigenvalue weighted by atomic mass is 10.2. The minimum Gasteiger partial charge on any atom is -0.442 e. The number of rotatable bonds is 1. The van der Waals surface area contributed by atoms with E-state index in [9.17, 15) is 31.1 Å². The van der Waals surface area contributed by atoms with Crippen LogP contribution in [0.5, 0.6) is 0 Å². The normalized spacial score (nSPS) is 28.7. The number of cyclic esters (lactones) is 1. The molecule has 102 valence electrons. The Balaban J connectivity index is 2.46. The average molecular weight is 331 g/mol. The molecule has 4 atom stereocenters. The first-order valence-corrected chi connectivity index (χ1v) is 7.33. The van der Waals surface area contributed by atoms with Crippen LogP contribution in [0.15, 0.2) is 0 Å². The summed E-state index contributed by atoms with van der Waals surface area (Å²) in [6, 6.07) is 0. The van der Waals surface area contributed by atoms with Crippen molar-refractivity contribution in [1.82, 2.24) is 13.1 Å². The average Bonchev–Trinajstić information content (AvgIpc) is 2.50. The summed E-state index contributed by atoms with van der Waals surface area (Å²) in [5.41, 5.74) is 0. The topological polar surface area (TPSA) is 49.0 Å². The van der Waals surface area contributed by atoms with Gasteiger partial charge in [-0.2, -0.15) is 13.3 Å². The highest BCUT2D eigenvalue weighted by molar-refractivity contribution is 7.57. The molecule has 1 aromatic heterocycles. The summed E-state index contributed by atoms with van der Waals surface area (Å²) in [5.74, 6) is -8.87. The number of nitrogens with zero attached hydrogens (tertiary/aromatic N) is 3. The molecule has 0 N–H and O–H groups in total. The molecule has 2 rings (SSSR count). The molecule has 1 aromatic rings. The van der Waals surface area contributed by atoms with Gasteiger partial charge in [-0.05, 0) is 0 Å². The Morgan fingerprint density at radius 3 is 2.56 bits per heavy atom. The van der Waals surface area contributed by atoms with Crippen LogP contribution in [0, 0.1) is 0 Å². The molecule has 14 heteroatoms. The van der Waals surface area contributed by atoms with Crippen molar-refractivity contribution < 1.29 is 35.9 Å². The molecule has 0 saturated carbocycles. The van der Waals surface area contributed by atoms with Crippen molar-refractivity contribution >= 4 is 30.5 Å². The number of hydrogen-bond acceptors (Lipinski definition) is 3. The SMILES string of the molecule is O=C1OC(p2npn(F)p(F)n2F)C(F)C1(F)F. The van der Waals surface area contributed by atoms with Gasteiger partial charge in [0.2, 0.25) is 12.0 Å². The third-order valence-corrected chi connectivity index (χ3v) is 6.55. The number of ether oxygens (including phenoxy) is 1. The number of carbonyl (C=O) groups excluding carboxylic acids is 1. The van der Waals surface area contributed by atoms with Gasteiger partial charge in [0.05, 0.1) is 0 Å². The molecule has 0 aliphatic carbocycles. The molecule has 1 fully saturated rings. The summed E-state index contributed by atoms with van der Waals surface area (Å²) in [6.45, 7) is 0. The standard InChI is InChI=1S/C4H2F6N3O2P3/c5-1-2(15-3(14)4(1,6)7)17-11-16-12(8)18(10)13(17)9/h1-2H. The number of hydrogen-bond donors (Lipinski definition) is 0. The van der Waals surface area contributed by atoms with Crippen LogP contribution in [0.1, 0.15) is 5.85 Å². The van der Waals surface area contributed by atoms with Gasteiger partial charge in [0.25, 0.3) is 8.16 Å². The lowest BCUT2D eigenvalue weighted by Crippen LogP contribution is -2.31. The number of carbonyl (C=O) groups is 1. The second-order valence-electron chi connectivity index (χ2n) is 3.04. The zero-order valence-corrected chi connectivity index (χ0v) is 10.6. The molecule has 2 heterocycles. The number of aromatic nitrogens is 3. The van der Waals surface area contributed by atoms with Crippen molar-refractivity contribution in [1.29, 1.82) is 0 Å². The van der Waals surface area contributed by atoms with Gasteiger partial charge in [0, 0.05) is 0 Å². The molecule has 1 saturated heterocycles. The predicted octanol–water partition coefficient (Wildman–Crippen LogP) is 3.59. The van der Waals surface area contributed by atoms with E-state index in [-0.39, 0.29) is 0 Å². The molecule has 1 aliphatic rings. The highest BCUT2D eigenvalue weighted by Crippen LogP contribution is 2.54. The van der Waals surface area contributed by atoms with Crippen molar-refractivity contribution in [3.63, 3.8) is 0 Å². The Morgan fingerprint density at radius 1 is 1.44 bits per heavy atom. The Labute approximate surface area is 98.2 Å². The molecule has 4 unspecified atom stereocenters. The van der Waals surface area contributed by atoms with E-state index < -0.39 is 57.1 Å². The number of halogens is 6. The summed E-state index contributed by atoms with van der Waals surface area (Å²) in [6.07, 6.45) is -3.15. The second kappa shape index (κ2) is 4.47. The van der Waals surface area contributed by atoms with E-state index in [4.69, 9.17) is 0 Å². The van der Waals surface area contributed by atoms with Crippen LogP contribution in [0.25, 0.3) is 0 Å². The maximum atomic E-state index is 13.2. The lowest BCUT2D eigenvalue weighted by molar-refractivity contribution is -0.160. The van der Waals surface area contributed by atoms with Crippen molar-refractivity contribution in [3.8, 4) is 0 Å². The third kappa shape index (κ3) is 1.94. The zero-order chi connectivity index (χ0) is 13.7. The first-order chi connectivity index (χ1) is 8.26. The fourth-order valence-electron chi connectivity index (χ4n) is 1.13. The van der Waals surface area contributed by atoms with Crippen LogP contribution in [0.3, 0.4) is 0 Å². The summed E-state index contributed by atoms with van der Waals surface area (Å²) in [7, 11) is -7.14.